The van der Waals surface area contributed by atoms with Crippen molar-refractivity contribution in [3.05, 3.63) is 93.3 Å². The molecule has 2 heterocycles. The molecule has 0 aliphatic heterocycles. The Morgan fingerprint density at radius 3 is 2.32 bits per heavy atom. The fraction of sp³-hybridized carbons (Fsp3) is 0.0833. The zero-order valence-electron chi connectivity index (χ0n) is 17.7. The van der Waals surface area contributed by atoms with Crippen LogP contribution in [0, 0.1) is 6.92 Å². The van der Waals surface area contributed by atoms with E-state index in [4.69, 9.17) is 39.2 Å². The molecule has 0 saturated heterocycles. The summed E-state index contributed by atoms with van der Waals surface area (Å²) in [6.45, 7) is 2.03. The van der Waals surface area contributed by atoms with Gasteiger partial charge in [0.1, 0.15) is 0 Å². The summed E-state index contributed by atoms with van der Waals surface area (Å²) in [7, 11) is 0. The van der Waals surface area contributed by atoms with E-state index in [1.807, 2.05) is 66.1 Å². The van der Waals surface area contributed by atoms with E-state index in [-0.39, 0.29) is 0 Å². The highest BCUT2D eigenvalue weighted by Crippen LogP contribution is 2.34. The topological polar surface area (TPSA) is 69.6 Å². The van der Waals surface area contributed by atoms with E-state index in [0.717, 1.165) is 22.4 Å². The minimum atomic E-state index is 0.406. The highest BCUT2D eigenvalue weighted by molar-refractivity contribution is 7.98. The molecule has 0 amide bonds. The van der Waals surface area contributed by atoms with Crippen molar-refractivity contribution in [2.24, 2.45) is 0 Å². The van der Waals surface area contributed by atoms with Crippen LogP contribution in [0.2, 0.25) is 15.1 Å². The minimum Gasteiger partial charge on any atom is -0.420 e. The van der Waals surface area contributed by atoms with E-state index in [1.165, 1.54) is 11.8 Å². The van der Waals surface area contributed by atoms with Gasteiger partial charge in [-0.2, -0.15) is 0 Å². The first kappa shape index (κ1) is 22.9. The molecule has 6 nitrogen and oxygen atoms in total. The van der Waals surface area contributed by atoms with Crippen molar-refractivity contribution in [3.8, 4) is 28.5 Å². The highest BCUT2D eigenvalue weighted by Gasteiger charge is 2.20. The van der Waals surface area contributed by atoms with Crippen molar-refractivity contribution < 1.29 is 4.42 Å². The molecule has 3 aromatic carbocycles. The molecule has 10 heteroatoms. The first-order chi connectivity index (χ1) is 16.5. The van der Waals surface area contributed by atoms with Gasteiger partial charge in [0.05, 0.1) is 26.5 Å². The summed E-state index contributed by atoms with van der Waals surface area (Å²) in [5, 5.41) is 19.2. The van der Waals surface area contributed by atoms with Crippen LogP contribution >= 0.6 is 46.6 Å². The largest absolute Gasteiger partial charge is 0.420 e. The molecule has 0 aliphatic rings. The Morgan fingerprint density at radius 1 is 0.794 bits per heavy atom. The maximum Gasteiger partial charge on any atom is 0.247 e. The van der Waals surface area contributed by atoms with Gasteiger partial charge in [0.25, 0.3) is 0 Å². The fourth-order valence-electron chi connectivity index (χ4n) is 3.29. The maximum absolute atomic E-state index is 6.53. The summed E-state index contributed by atoms with van der Waals surface area (Å²) in [4.78, 5) is 0. The fourth-order valence-corrected chi connectivity index (χ4v) is 4.59. The van der Waals surface area contributed by atoms with Crippen LogP contribution in [0.3, 0.4) is 0 Å². The van der Waals surface area contributed by atoms with Crippen molar-refractivity contribution in [1.29, 1.82) is 0 Å². The molecule has 2 aromatic heterocycles. The number of aromatic nitrogens is 5. The lowest BCUT2D eigenvalue weighted by Gasteiger charge is -2.12. The van der Waals surface area contributed by atoms with Gasteiger partial charge in [0.2, 0.25) is 11.8 Å². The zero-order valence-corrected chi connectivity index (χ0v) is 20.8. The maximum atomic E-state index is 6.53. The van der Waals surface area contributed by atoms with Crippen LogP contribution < -0.4 is 0 Å². The summed E-state index contributed by atoms with van der Waals surface area (Å²) >= 11 is 20.3. The van der Waals surface area contributed by atoms with Crippen LogP contribution in [0.4, 0.5) is 0 Å². The molecule has 34 heavy (non-hydrogen) atoms. The Bertz CT molecular complexity index is 1470. The SMILES string of the molecule is Cc1ccc(-c2nnc(CSc3nnc(-c4ccc(Cl)c(Cl)c4)n3-c3ccccc3Cl)o2)cc1. The van der Waals surface area contributed by atoms with Gasteiger partial charge >= 0.3 is 0 Å². The third-order valence-corrected chi connectivity index (χ3v) is 6.97. The quantitative estimate of drug-likeness (QED) is 0.212. The molecule has 5 rings (SSSR count). The van der Waals surface area contributed by atoms with Gasteiger partial charge < -0.3 is 4.42 Å². The average Bonchev–Trinajstić information content (AvgIpc) is 3.48. The molecule has 0 saturated carbocycles. The van der Waals surface area contributed by atoms with E-state index in [1.54, 1.807) is 12.1 Å². The number of aryl methyl sites for hydroxylation is 1. The van der Waals surface area contributed by atoms with Crippen molar-refractivity contribution in [3.63, 3.8) is 0 Å². The number of para-hydroxylation sites is 1. The molecule has 0 atom stereocenters. The van der Waals surface area contributed by atoms with Gasteiger partial charge in [-0.05, 0) is 49.4 Å². The minimum absolute atomic E-state index is 0.406. The molecule has 0 N–H and O–H groups in total. The van der Waals surface area contributed by atoms with Crippen molar-refractivity contribution >= 4 is 46.6 Å². The van der Waals surface area contributed by atoms with Gasteiger partial charge in [-0.1, -0.05) is 76.4 Å². The molecule has 0 aliphatic carbocycles. The number of rotatable bonds is 6. The monoisotopic (exact) mass is 527 g/mol. The number of nitrogens with zero attached hydrogens (tertiary/aromatic N) is 5. The summed E-state index contributed by atoms with van der Waals surface area (Å²) in [5.74, 6) is 1.94. The van der Waals surface area contributed by atoms with Gasteiger partial charge in [-0.25, -0.2) is 0 Å². The molecule has 0 spiro atoms. The predicted octanol–water partition coefficient (Wildman–Crippen LogP) is 7.55. The molecule has 170 valence electrons. The molecule has 5 aromatic rings. The lowest BCUT2D eigenvalue weighted by atomic mass is 10.1. The Labute approximate surface area is 214 Å². The molecule has 0 fully saturated rings. The zero-order chi connectivity index (χ0) is 23.7. The van der Waals surface area contributed by atoms with E-state index in [9.17, 15) is 0 Å². The average molecular weight is 529 g/mol. The lowest BCUT2D eigenvalue weighted by molar-refractivity contribution is 0.528. The summed E-state index contributed by atoms with van der Waals surface area (Å²) in [6, 6.07) is 20.7. The lowest BCUT2D eigenvalue weighted by Crippen LogP contribution is -2.00. The molecule has 0 bridgehead atoms. The smallest absolute Gasteiger partial charge is 0.247 e. The first-order valence-electron chi connectivity index (χ1n) is 10.2. The Morgan fingerprint density at radius 2 is 1.56 bits per heavy atom. The van der Waals surface area contributed by atoms with E-state index in [0.29, 0.717) is 43.6 Å². The third kappa shape index (κ3) is 4.70. The Balaban J connectivity index is 1.47. The van der Waals surface area contributed by atoms with Crippen LogP contribution in [0.25, 0.3) is 28.5 Å². The van der Waals surface area contributed by atoms with Crippen molar-refractivity contribution in [2.45, 2.75) is 17.8 Å². The second-order valence-corrected chi connectivity index (χ2v) is 9.54. The number of hydrogen-bond donors (Lipinski definition) is 0. The van der Waals surface area contributed by atoms with Crippen molar-refractivity contribution in [1.82, 2.24) is 25.0 Å². The second-order valence-electron chi connectivity index (χ2n) is 7.38. The standard InChI is InChI=1S/C24H16Cl3N5OS/c1-14-6-8-15(9-7-14)23-30-28-21(33-23)13-34-24-31-29-22(16-10-11-17(25)19(27)12-16)32(24)20-5-3-2-4-18(20)26/h2-12H,13H2,1H3. The third-order valence-electron chi connectivity index (χ3n) is 4.99. The second kappa shape index (κ2) is 9.80. The Hall–Kier alpha value is -2.84. The van der Waals surface area contributed by atoms with Gasteiger partial charge in [0, 0.05) is 11.1 Å². The first-order valence-corrected chi connectivity index (χ1v) is 12.3. The van der Waals surface area contributed by atoms with Gasteiger partial charge in [0.15, 0.2) is 11.0 Å². The Kier molecular flexibility index (Phi) is 6.61. The van der Waals surface area contributed by atoms with Crippen molar-refractivity contribution in [2.75, 3.05) is 0 Å². The number of hydrogen-bond acceptors (Lipinski definition) is 6. The van der Waals surface area contributed by atoms with Crippen LogP contribution in [0.15, 0.2) is 76.3 Å². The van der Waals surface area contributed by atoms with E-state index in [2.05, 4.69) is 20.4 Å². The summed E-state index contributed by atoms with van der Waals surface area (Å²) in [6.07, 6.45) is 0. The number of benzene rings is 3. The summed E-state index contributed by atoms with van der Waals surface area (Å²) in [5.41, 5.74) is 3.53. The molecular formula is C24H16Cl3N5OS. The van der Waals surface area contributed by atoms with Gasteiger partial charge in [-0.15, -0.1) is 20.4 Å². The van der Waals surface area contributed by atoms with Gasteiger partial charge in [-0.3, -0.25) is 4.57 Å². The van der Waals surface area contributed by atoms with Crippen LogP contribution in [-0.4, -0.2) is 25.0 Å². The highest BCUT2D eigenvalue weighted by atomic mass is 35.5. The van der Waals surface area contributed by atoms with Crippen LogP contribution in [-0.2, 0) is 5.75 Å². The van der Waals surface area contributed by atoms with E-state index >= 15 is 0 Å². The molecule has 0 unspecified atom stereocenters. The van der Waals surface area contributed by atoms with Crippen LogP contribution in [0.5, 0.6) is 0 Å². The molecule has 0 radical (unpaired) electrons. The van der Waals surface area contributed by atoms with Crippen LogP contribution in [0.1, 0.15) is 11.5 Å². The number of halogens is 3. The number of thioether (sulfide) groups is 1. The van der Waals surface area contributed by atoms with E-state index < -0.39 is 0 Å². The molecular weight excluding hydrogens is 513 g/mol. The normalized spacial score (nSPS) is 11.2. The summed E-state index contributed by atoms with van der Waals surface area (Å²) < 4.78 is 7.74. The predicted molar refractivity (Wildman–Crippen MR) is 136 cm³/mol.